The van der Waals surface area contributed by atoms with Crippen LogP contribution in [0.3, 0.4) is 0 Å². The second-order valence-corrected chi connectivity index (χ2v) is 10.6. The minimum Gasteiger partial charge on any atom is -0.456 e. The highest BCUT2D eigenvalue weighted by Crippen LogP contribution is 2.44. The minimum atomic E-state index is -2.06. The van der Waals surface area contributed by atoms with Gasteiger partial charge in [0.25, 0.3) is 0 Å². The second kappa shape index (κ2) is 12.9. The van der Waals surface area contributed by atoms with E-state index in [0.717, 1.165) is 0 Å². The predicted octanol–water partition coefficient (Wildman–Crippen LogP) is 1.26. The number of hydrogen-bond donors (Lipinski definition) is 4. The highest BCUT2D eigenvalue weighted by molar-refractivity contribution is 5.92. The molecular formula is C26H44O10. The van der Waals surface area contributed by atoms with Crippen molar-refractivity contribution in [2.75, 3.05) is 20.8 Å². The third-order valence-corrected chi connectivity index (χ3v) is 7.61. The van der Waals surface area contributed by atoms with Gasteiger partial charge in [0, 0.05) is 52.4 Å². The first-order chi connectivity index (χ1) is 16.8. The van der Waals surface area contributed by atoms with Crippen molar-refractivity contribution >= 4 is 11.8 Å². The zero-order chi connectivity index (χ0) is 27.3. The largest absolute Gasteiger partial charge is 0.456 e. The highest BCUT2D eigenvalue weighted by atomic mass is 16.6. The van der Waals surface area contributed by atoms with Crippen molar-refractivity contribution in [2.24, 2.45) is 11.3 Å². The fraction of sp³-hybridized carbons (Fsp3) is 0.846. The van der Waals surface area contributed by atoms with Crippen LogP contribution in [0.4, 0.5) is 0 Å². The number of ether oxygens (including phenoxy) is 4. The molecule has 4 N–H and O–H groups in total. The van der Waals surface area contributed by atoms with E-state index < -0.39 is 59.6 Å². The summed E-state index contributed by atoms with van der Waals surface area (Å²) in [6.45, 7) is 7.05. The minimum absolute atomic E-state index is 0.00951. The number of esters is 1. The van der Waals surface area contributed by atoms with Gasteiger partial charge in [0.2, 0.25) is 5.79 Å². The maximum absolute atomic E-state index is 13.1. The Morgan fingerprint density at radius 3 is 2.39 bits per heavy atom. The fourth-order valence-electron chi connectivity index (χ4n) is 4.94. The molecular weight excluding hydrogens is 472 g/mol. The topological polar surface area (TPSA) is 152 Å². The number of cyclic esters (lactones) is 1. The van der Waals surface area contributed by atoms with Crippen LogP contribution in [-0.4, -0.2) is 95.4 Å². The Kier molecular flexibility index (Phi) is 11.0. The van der Waals surface area contributed by atoms with Crippen molar-refractivity contribution < 1.29 is 49.0 Å². The lowest BCUT2D eigenvalue weighted by Crippen LogP contribution is -2.43. The van der Waals surface area contributed by atoms with Gasteiger partial charge in [-0.15, -0.1) is 0 Å². The average Bonchev–Trinajstić information content (AvgIpc) is 3.01. The van der Waals surface area contributed by atoms with Crippen LogP contribution in [0.1, 0.15) is 66.2 Å². The van der Waals surface area contributed by atoms with Gasteiger partial charge >= 0.3 is 5.97 Å². The zero-order valence-corrected chi connectivity index (χ0v) is 22.3. The number of carbonyl (C=O) groups is 2. The molecule has 2 aliphatic rings. The van der Waals surface area contributed by atoms with Gasteiger partial charge in [0.15, 0.2) is 11.9 Å². The Bertz CT molecular complexity index is 777. The summed E-state index contributed by atoms with van der Waals surface area (Å²) in [6, 6.07) is 0. The molecule has 0 amide bonds. The lowest BCUT2D eigenvalue weighted by molar-refractivity contribution is -0.204. The molecule has 0 saturated carbocycles. The summed E-state index contributed by atoms with van der Waals surface area (Å²) in [4.78, 5) is 26.1. The van der Waals surface area contributed by atoms with E-state index in [9.17, 15) is 30.0 Å². The molecule has 2 fully saturated rings. The lowest BCUT2D eigenvalue weighted by atomic mass is 9.78. The van der Waals surface area contributed by atoms with Gasteiger partial charge in [-0.1, -0.05) is 26.8 Å². The van der Waals surface area contributed by atoms with Crippen LogP contribution in [-0.2, 0) is 28.5 Å². The molecule has 0 radical (unpaired) electrons. The first kappa shape index (κ1) is 30.8. The molecule has 0 aromatic rings. The smallest absolute Gasteiger partial charge is 0.338 e. The van der Waals surface area contributed by atoms with E-state index in [1.165, 1.54) is 14.2 Å². The monoisotopic (exact) mass is 516 g/mol. The molecule has 0 aromatic carbocycles. The summed E-state index contributed by atoms with van der Waals surface area (Å²) in [5, 5.41) is 41.9. The van der Waals surface area contributed by atoms with Crippen LogP contribution in [0.15, 0.2) is 11.6 Å². The van der Waals surface area contributed by atoms with Crippen molar-refractivity contribution in [1.29, 1.82) is 0 Å². The normalized spacial score (nSPS) is 37.7. The van der Waals surface area contributed by atoms with Crippen molar-refractivity contribution in [1.82, 2.24) is 0 Å². The maximum Gasteiger partial charge on any atom is 0.338 e. The van der Waals surface area contributed by atoms with E-state index in [0.29, 0.717) is 12.0 Å². The number of fused-ring (bicyclic) bond motifs is 2. The third-order valence-electron chi connectivity index (χ3n) is 7.61. The van der Waals surface area contributed by atoms with Gasteiger partial charge in [0.1, 0.15) is 6.10 Å². The molecule has 10 nitrogen and oxygen atoms in total. The summed E-state index contributed by atoms with van der Waals surface area (Å²) < 4.78 is 22.6. The Balaban J connectivity index is 2.47. The van der Waals surface area contributed by atoms with E-state index in [2.05, 4.69) is 0 Å². The van der Waals surface area contributed by atoms with Crippen molar-refractivity contribution in [3.05, 3.63) is 11.6 Å². The summed E-state index contributed by atoms with van der Waals surface area (Å²) in [5.74, 6) is -3.57. The van der Waals surface area contributed by atoms with E-state index in [1.807, 2.05) is 13.0 Å². The molecule has 2 saturated heterocycles. The molecule has 2 heterocycles. The number of rotatable bonds is 6. The Hall–Kier alpha value is -1.40. The van der Waals surface area contributed by atoms with Gasteiger partial charge in [-0.25, -0.2) is 4.79 Å². The van der Waals surface area contributed by atoms with Crippen molar-refractivity contribution in [3.8, 4) is 0 Å². The molecule has 208 valence electrons. The van der Waals surface area contributed by atoms with Crippen LogP contribution in [0.2, 0.25) is 0 Å². The fourth-order valence-corrected chi connectivity index (χ4v) is 4.94. The van der Waals surface area contributed by atoms with Gasteiger partial charge < -0.3 is 39.4 Å². The summed E-state index contributed by atoms with van der Waals surface area (Å²) in [7, 11) is 2.81. The van der Waals surface area contributed by atoms with Gasteiger partial charge in [-0.3, -0.25) is 4.79 Å². The van der Waals surface area contributed by atoms with Gasteiger partial charge in [0.05, 0.1) is 29.8 Å². The third kappa shape index (κ3) is 7.12. The van der Waals surface area contributed by atoms with Crippen LogP contribution in [0.25, 0.3) is 0 Å². The molecule has 2 aliphatic heterocycles. The Labute approximate surface area is 213 Å². The quantitative estimate of drug-likeness (QED) is 0.300. The SMILES string of the molecule is CC[C@H](/C=C(/C)[C@@H]1C[C@@H](OC)C[C@@H]2OC(O)(CC[C@@H](O)C[C@@H](OC)[C@H](O)C(=O)O1)C(=O)C2(C)C)CO. The Morgan fingerprint density at radius 2 is 1.83 bits per heavy atom. The van der Waals surface area contributed by atoms with E-state index in [-0.39, 0.29) is 44.6 Å². The van der Waals surface area contributed by atoms with E-state index in [4.69, 9.17) is 18.9 Å². The number of aliphatic hydroxyl groups excluding tert-OH is 3. The predicted molar refractivity (Wildman–Crippen MR) is 130 cm³/mol. The second-order valence-electron chi connectivity index (χ2n) is 10.6. The Morgan fingerprint density at radius 1 is 1.17 bits per heavy atom. The molecule has 2 rings (SSSR count). The highest BCUT2D eigenvalue weighted by Gasteiger charge is 2.58. The molecule has 2 bridgehead atoms. The molecule has 0 aliphatic carbocycles. The summed E-state index contributed by atoms with van der Waals surface area (Å²) in [6.07, 6.45) is -3.14. The number of aliphatic hydroxyl groups is 4. The molecule has 0 spiro atoms. The van der Waals surface area contributed by atoms with Crippen molar-refractivity contribution in [3.63, 3.8) is 0 Å². The lowest BCUT2D eigenvalue weighted by Gasteiger charge is -2.30. The van der Waals surface area contributed by atoms with Crippen LogP contribution < -0.4 is 0 Å². The summed E-state index contributed by atoms with van der Waals surface area (Å²) in [5.41, 5.74) is -0.337. The average molecular weight is 517 g/mol. The van der Waals surface area contributed by atoms with Crippen LogP contribution in [0, 0.1) is 11.3 Å². The number of ketones is 1. The zero-order valence-electron chi connectivity index (χ0n) is 22.3. The van der Waals surface area contributed by atoms with Crippen molar-refractivity contribution in [2.45, 2.75) is 109 Å². The van der Waals surface area contributed by atoms with Crippen LogP contribution in [0.5, 0.6) is 0 Å². The first-order valence-electron chi connectivity index (χ1n) is 12.7. The number of Topliss-reactive ketones (excluding diaryl/α,β-unsaturated/α-hetero) is 1. The molecule has 0 aromatic heterocycles. The van der Waals surface area contributed by atoms with Gasteiger partial charge in [-0.05, 0) is 25.3 Å². The standard InChI is InChI=1S/C26H44O10/c1-7-16(14-27)10-15(2)19-12-18(33-5)13-21-25(3,4)24(31)26(32,36-21)9-8-17(28)11-20(34-6)22(29)23(30)35-19/h10,16-22,27-29,32H,7-9,11-14H2,1-6H3/b15-10-/t16-,17-,18-,19+,20-,21+,22+,26?/m1/s1. The summed E-state index contributed by atoms with van der Waals surface area (Å²) >= 11 is 0. The molecule has 36 heavy (non-hydrogen) atoms. The van der Waals surface area contributed by atoms with Gasteiger partial charge in [-0.2, -0.15) is 0 Å². The number of hydrogen-bond acceptors (Lipinski definition) is 10. The number of carbonyl (C=O) groups excluding carboxylic acids is 2. The molecule has 8 atom stereocenters. The van der Waals surface area contributed by atoms with Crippen LogP contribution >= 0.6 is 0 Å². The van der Waals surface area contributed by atoms with E-state index in [1.54, 1.807) is 20.8 Å². The van der Waals surface area contributed by atoms with E-state index >= 15 is 0 Å². The molecule has 1 unspecified atom stereocenters. The first-order valence-corrected chi connectivity index (χ1v) is 12.7. The number of methoxy groups -OCH3 is 2. The maximum atomic E-state index is 13.1. The molecule has 10 heteroatoms.